The molecule has 2 rings (SSSR count). The number of hydrogen-bond acceptors (Lipinski definition) is 4. The van der Waals surface area contributed by atoms with Crippen LogP contribution in [0.1, 0.15) is 23.7 Å². The molecule has 1 amide bonds. The van der Waals surface area contributed by atoms with Crippen LogP contribution in [-0.4, -0.2) is 33.6 Å². The molecule has 0 aliphatic carbocycles. The van der Waals surface area contributed by atoms with E-state index in [9.17, 15) is 18.7 Å². The average molecular weight is 404 g/mol. The minimum absolute atomic E-state index is 0.124. The lowest BCUT2D eigenvalue weighted by Crippen LogP contribution is -2.43. The number of halogens is 4. The van der Waals surface area contributed by atoms with Gasteiger partial charge in [-0.1, -0.05) is 53.5 Å². The monoisotopic (exact) mass is 403 g/mol. The number of amides is 1. The molecule has 0 spiro atoms. The number of nitrogens with two attached hydrogens (primary N) is 1. The predicted molar refractivity (Wildman–Crippen MR) is 96.1 cm³/mol. The number of carbonyl (C=O) groups is 1. The number of pyridine rings is 1. The van der Waals surface area contributed by atoms with Gasteiger partial charge in [-0.3, -0.25) is 15.5 Å². The summed E-state index contributed by atoms with van der Waals surface area (Å²) in [5.74, 6) is -0.788. The number of hydrogen-bond donors (Lipinski definition) is 3. The third-order valence-corrected chi connectivity index (χ3v) is 4.12. The van der Waals surface area contributed by atoms with Gasteiger partial charge in [0.1, 0.15) is 12.8 Å². The lowest BCUT2D eigenvalue weighted by Gasteiger charge is -2.22. The summed E-state index contributed by atoms with van der Waals surface area (Å²) in [5, 5.41) is 12.5. The van der Waals surface area contributed by atoms with E-state index in [1.54, 1.807) is 30.3 Å². The van der Waals surface area contributed by atoms with Crippen molar-refractivity contribution in [2.24, 2.45) is 5.73 Å². The number of nitrogens with zero attached hydrogens (tertiary/aromatic N) is 1. The molecule has 0 radical (unpaired) electrons. The summed E-state index contributed by atoms with van der Waals surface area (Å²) < 4.78 is 26.1. The van der Waals surface area contributed by atoms with E-state index in [0.29, 0.717) is 5.56 Å². The van der Waals surface area contributed by atoms with Crippen molar-refractivity contribution in [3.63, 3.8) is 0 Å². The molecule has 0 fully saturated rings. The highest BCUT2D eigenvalue weighted by Gasteiger charge is 2.25. The number of alkyl halides is 4. The van der Waals surface area contributed by atoms with Crippen molar-refractivity contribution in [3.8, 4) is 11.1 Å². The molecular weight excluding hydrogens is 387 g/mol. The average Bonchev–Trinajstić information content (AvgIpc) is 2.65. The number of rotatable bonds is 7. The summed E-state index contributed by atoms with van der Waals surface area (Å²) in [6.07, 6.45) is -1.45. The Balaban J connectivity index is 2.13. The van der Waals surface area contributed by atoms with Crippen LogP contribution in [0.3, 0.4) is 0 Å². The first-order valence-corrected chi connectivity index (χ1v) is 8.49. The lowest BCUT2D eigenvalue weighted by atomic mass is 9.99. The first kappa shape index (κ1) is 20.5. The van der Waals surface area contributed by atoms with E-state index in [1.807, 2.05) is 0 Å². The molecule has 5 nitrogen and oxygen atoms in total. The second-order valence-electron chi connectivity index (χ2n) is 5.51. The van der Waals surface area contributed by atoms with E-state index < -0.39 is 35.9 Å². The van der Waals surface area contributed by atoms with Gasteiger partial charge >= 0.3 is 0 Å². The number of aliphatic hydroxyl groups excluding tert-OH is 1. The maximum atomic E-state index is 13.2. The van der Waals surface area contributed by atoms with Crippen LogP contribution in [0, 0.1) is 0 Å². The van der Waals surface area contributed by atoms with Crippen molar-refractivity contribution in [2.45, 2.75) is 23.3 Å². The number of carbonyl (C=O) groups excluding carboxylic acids is 1. The highest BCUT2D eigenvalue weighted by atomic mass is 35.5. The third kappa shape index (κ3) is 5.11. The fourth-order valence-electron chi connectivity index (χ4n) is 2.29. The topological polar surface area (TPSA) is 88.2 Å². The molecule has 3 unspecified atom stereocenters. The Morgan fingerprint density at radius 2 is 1.81 bits per heavy atom. The van der Waals surface area contributed by atoms with Gasteiger partial charge in [-0.2, -0.15) is 0 Å². The van der Waals surface area contributed by atoms with E-state index in [-0.39, 0.29) is 5.69 Å². The molecule has 0 bridgehead atoms. The smallest absolute Gasteiger partial charge is 0.253 e. The van der Waals surface area contributed by atoms with E-state index in [2.05, 4.69) is 10.3 Å². The zero-order valence-electron chi connectivity index (χ0n) is 13.4. The van der Waals surface area contributed by atoms with Gasteiger partial charge in [-0.05, 0) is 17.2 Å². The van der Waals surface area contributed by atoms with Crippen LogP contribution in [0.5, 0.6) is 0 Å². The van der Waals surface area contributed by atoms with Gasteiger partial charge in [0.25, 0.3) is 5.91 Å². The summed E-state index contributed by atoms with van der Waals surface area (Å²) >= 11 is 10.8. The van der Waals surface area contributed by atoms with Crippen LogP contribution in [-0.2, 0) is 4.79 Å². The first-order chi connectivity index (χ1) is 12.3. The molecule has 3 atom stereocenters. The van der Waals surface area contributed by atoms with Gasteiger partial charge < -0.3 is 10.4 Å². The van der Waals surface area contributed by atoms with Crippen molar-refractivity contribution in [1.82, 2.24) is 10.3 Å². The lowest BCUT2D eigenvalue weighted by molar-refractivity contribution is -0.121. The first-order valence-electron chi connectivity index (χ1n) is 7.62. The summed E-state index contributed by atoms with van der Waals surface area (Å²) in [7, 11) is 0. The third-order valence-electron chi connectivity index (χ3n) is 3.73. The Morgan fingerprint density at radius 1 is 1.19 bits per heavy atom. The molecule has 1 aromatic heterocycles. The largest absolute Gasteiger partial charge is 0.386 e. The normalized spacial score (nSPS) is 14.7. The SMILES string of the molecule is NC(F)c1ccc(-c2ccc(C(O)C(CF)NC(=O)C(Cl)Cl)cc2)cn1. The molecule has 0 aliphatic rings. The molecule has 0 saturated heterocycles. The van der Waals surface area contributed by atoms with Crippen LogP contribution in [0.25, 0.3) is 11.1 Å². The zero-order chi connectivity index (χ0) is 19.3. The van der Waals surface area contributed by atoms with Crippen molar-refractivity contribution in [2.75, 3.05) is 6.67 Å². The Kier molecular flexibility index (Phi) is 7.28. The molecule has 4 N–H and O–H groups in total. The quantitative estimate of drug-likeness (QED) is 0.489. The molecule has 9 heteroatoms. The van der Waals surface area contributed by atoms with Crippen molar-refractivity contribution >= 4 is 29.1 Å². The minimum Gasteiger partial charge on any atom is -0.386 e. The number of aromatic nitrogens is 1. The Morgan fingerprint density at radius 3 is 2.27 bits per heavy atom. The number of nitrogens with one attached hydrogen (secondary N) is 1. The predicted octanol–water partition coefficient (Wildman–Crippen LogP) is 2.97. The van der Waals surface area contributed by atoms with Gasteiger partial charge in [-0.25, -0.2) is 8.78 Å². The van der Waals surface area contributed by atoms with E-state index in [0.717, 1.165) is 11.1 Å². The molecule has 1 aromatic carbocycles. The van der Waals surface area contributed by atoms with Gasteiger partial charge in [0.15, 0.2) is 11.1 Å². The number of aliphatic hydroxyl groups is 1. The van der Waals surface area contributed by atoms with Crippen molar-refractivity contribution < 1.29 is 18.7 Å². The van der Waals surface area contributed by atoms with Crippen molar-refractivity contribution in [1.29, 1.82) is 0 Å². The molecule has 2 aromatic rings. The highest BCUT2D eigenvalue weighted by molar-refractivity contribution is 6.53. The summed E-state index contributed by atoms with van der Waals surface area (Å²) in [6, 6.07) is 8.51. The van der Waals surface area contributed by atoms with E-state index in [4.69, 9.17) is 28.9 Å². The standard InChI is InChI=1S/C17H17Cl2F2N3O2/c18-15(19)17(26)24-13(7-20)14(25)10-3-1-9(2-4-10)11-5-6-12(16(21)22)23-8-11/h1-6,8,13-16,25H,7,22H2,(H,24,26). The van der Waals surface area contributed by atoms with Crippen molar-refractivity contribution in [3.05, 3.63) is 53.9 Å². The van der Waals surface area contributed by atoms with Gasteiger partial charge in [0, 0.05) is 11.8 Å². The molecule has 26 heavy (non-hydrogen) atoms. The van der Waals surface area contributed by atoms with E-state index >= 15 is 0 Å². The van der Waals surface area contributed by atoms with Gasteiger partial charge in [0.05, 0.1) is 11.7 Å². The highest BCUT2D eigenvalue weighted by Crippen LogP contribution is 2.24. The fraction of sp³-hybridized carbons (Fsp3) is 0.294. The maximum absolute atomic E-state index is 13.2. The second-order valence-corrected chi connectivity index (χ2v) is 6.61. The molecule has 0 aliphatic heterocycles. The van der Waals surface area contributed by atoms with Crippen LogP contribution >= 0.6 is 23.2 Å². The van der Waals surface area contributed by atoms with Crippen LogP contribution in [0.15, 0.2) is 42.6 Å². The Hall–Kier alpha value is -1.80. The Labute approximate surface area is 159 Å². The van der Waals surface area contributed by atoms with Gasteiger partial charge in [-0.15, -0.1) is 0 Å². The fourth-order valence-corrected chi connectivity index (χ4v) is 2.42. The Bertz CT molecular complexity index is 728. The molecule has 0 saturated carbocycles. The molecule has 140 valence electrons. The summed E-state index contributed by atoms with van der Waals surface area (Å²) in [5.41, 5.74) is 7.12. The van der Waals surface area contributed by atoms with E-state index in [1.165, 1.54) is 12.3 Å². The van der Waals surface area contributed by atoms with Crippen LogP contribution in [0.2, 0.25) is 0 Å². The minimum atomic E-state index is -1.64. The molecular formula is C17H17Cl2F2N3O2. The second kappa shape index (κ2) is 9.23. The van der Waals surface area contributed by atoms with Crippen LogP contribution < -0.4 is 11.1 Å². The maximum Gasteiger partial charge on any atom is 0.253 e. The summed E-state index contributed by atoms with van der Waals surface area (Å²) in [4.78, 5) is 14.0. The van der Waals surface area contributed by atoms with Gasteiger partial charge in [0.2, 0.25) is 0 Å². The number of benzene rings is 1. The molecule has 1 heterocycles. The zero-order valence-corrected chi connectivity index (χ0v) is 15.0. The van der Waals surface area contributed by atoms with Crippen LogP contribution in [0.4, 0.5) is 8.78 Å². The summed E-state index contributed by atoms with van der Waals surface area (Å²) in [6.45, 7) is -0.996.